The molecule has 1 fully saturated rings. The normalized spacial score (nSPS) is 18.4. The number of hydrogen-bond acceptors (Lipinski definition) is 5. The molecule has 1 N–H and O–H groups in total. The van der Waals surface area contributed by atoms with E-state index in [1.165, 1.54) is 12.1 Å². The minimum absolute atomic E-state index is 0.209. The molecule has 6 nitrogen and oxygen atoms in total. The molecule has 0 bridgehead atoms. The summed E-state index contributed by atoms with van der Waals surface area (Å²) in [7, 11) is 1.78. The maximum absolute atomic E-state index is 13.8. The highest BCUT2D eigenvalue weighted by Gasteiger charge is 2.21. The van der Waals surface area contributed by atoms with Gasteiger partial charge in [0.25, 0.3) is 0 Å². The van der Waals surface area contributed by atoms with E-state index in [4.69, 9.17) is 14.7 Å². The Morgan fingerprint density at radius 2 is 1.73 bits per heavy atom. The Bertz CT molecular complexity index is 1560. The molecule has 1 aromatic heterocycles. The van der Waals surface area contributed by atoms with Gasteiger partial charge >= 0.3 is 0 Å². The SMILES string of the molecule is COC1CCC(/N=c2\cc3n(-c4ccc(F)cc4)c4ccccc4nc-3cc2Nc2ccccn2)CC1. The van der Waals surface area contributed by atoms with Gasteiger partial charge in [0.05, 0.1) is 45.6 Å². The number of aromatic nitrogens is 3. The van der Waals surface area contributed by atoms with Crippen molar-refractivity contribution in [3.8, 4) is 17.1 Å². The number of fused-ring (bicyclic) bond motifs is 2. The third-order valence-corrected chi connectivity index (χ3v) is 7.01. The van der Waals surface area contributed by atoms with Crippen LogP contribution in [0.3, 0.4) is 0 Å². The summed E-state index contributed by atoms with van der Waals surface area (Å²) in [6.07, 6.45) is 6.04. The first-order valence-electron chi connectivity index (χ1n) is 12.6. The lowest BCUT2D eigenvalue weighted by molar-refractivity contribution is 0.0663. The summed E-state index contributed by atoms with van der Waals surface area (Å²) in [4.78, 5) is 14.7. The van der Waals surface area contributed by atoms with Crippen LogP contribution >= 0.6 is 0 Å². The van der Waals surface area contributed by atoms with Crippen LogP contribution in [0.2, 0.25) is 0 Å². The van der Waals surface area contributed by atoms with E-state index in [1.54, 1.807) is 25.4 Å². The van der Waals surface area contributed by atoms with Gasteiger partial charge in [-0.05, 0) is 86.3 Å². The van der Waals surface area contributed by atoms with Crippen LogP contribution in [-0.4, -0.2) is 33.8 Å². The van der Waals surface area contributed by atoms with Crippen molar-refractivity contribution in [1.82, 2.24) is 14.5 Å². The molecule has 0 unspecified atom stereocenters. The molecule has 186 valence electrons. The highest BCUT2D eigenvalue weighted by molar-refractivity contribution is 5.84. The lowest BCUT2D eigenvalue weighted by Crippen LogP contribution is -2.25. The number of pyridine rings is 1. The van der Waals surface area contributed by atoms with Gasteiger partial charge in [-0.2, -0.15) is 0 Å². The predicted octanol–water partition coefficient (Wildman–Crippen LogP) is 6.27. The van der Waals surface area contributed by atoms with Crippen molar-refractivity contribution in [3.63, 3.8) is 0 Å². The highest BCUT2D eigenvalue weighted by atomic mass is 19.1. The largest absolute Gasteiger partial charge is 0.381 e. The zero-order chi connectivity index (χ0) is 25.2. The number of rotatable bonds is 5. The number of nitrogens with one attached hydrogen (secondary N) is 1. The molecule has 0 saturated heterocycles. The highest BCUT2D eigenvalue weighted by Crippen LogP contribution is 2.31. The van der Waals surface area contributed by atoms with E-state index in [9.17, 15) is 4.39 Å². The van der Waals surface area contributed by atoms with Crippen molar-refractivity contribution in [1.29, 1.82) is 0 Å². The molecule has 0 amide bonds. The average Bonchev–Trinajstić information content (AvgIpc) is 2.94. The zero-order valence-corrected chi connectivity index (χ0v) is 20.6. The van der Waals surface area contributed by atoms with E-state index >= 15 is 0 Å². The van der Waals surface area contributed by atoms with E-state index in [0.29, 0.717) is 6.10 Å². The second kappa shape index (κ2) is 10.1. The van der Waals surface area contributed by atoms with Crippen molar-refractivity contribution in [2.75, 3.05) is 12.4 Å². The van der Waals surface area contributed by atoms with Crippen molar-refractivity contribution in [3.05, 3.63) is 96.2 Å². The van der Waals surface area contributed by atoms with E-state index in [2.05, 4.69) is 20.9 Å². The quantitative estimate of drug-likeness (QED) is 0.293. The minimum atomic E-state index is -0.267. The van der Waals surface area contributed by atoms with Gasteiger partial charge < -0.3 is 14.6 Å². The van der Waals surface area contributed by atoms with Crippen molar-refractivity contribution in [2.24, 2.45) is 4.99 Å². The molecule has 0 radical (unpaired) electrons. The van der Waals surface area contributed by atoms with Crippen LogP contribution in [0.5, 0.6) is 0 Å². The Kier molecular flexibility index (Phi) is 6.37. The van der Waals surface area contributed by atoms with Gasteiger partial charge in [0.15, 0.2) is 0 Å². The second-order valence-electron chi connectivity index (χ2n) is 9.41. The first kappa shape index (κ1) is 23.3. The standard InChI is InChI=1S/C30H28FN5O/c1-37-23-15-11-21(12-16-23)33-26-19-29-27(18-25(26)35-30-8-4-5-17-32-30)34-24-6-2-3-7-28(24)36(29)22-13-9-20(31)10-14-22/h2-10,13-14,17-19,21,23H,11-12,15-16H2,1H3,(H,32,35)/b33-26+. The molecule has 2 heterocycles. The monoisotopic (exact) mass is 493 g/mol. The molecule has 3 aliphatic rings. The summed E-state index contributed by atoms with van der Waals surface area (Å²) in [5.41, 5.74) is 5.23. The topological polar surface area (TPSA) is 64.3 Å². The van der Waals surface area contributed by atoms with Crippen molar-refractivity contribution in [2.45, 2.75) is 37.8 Å². The first-order valence-corrected chi connectivity index (χ1v) is 12.6. The molecule has 1 aliphatic heterocycles. The lowest BCUT2D eigenvalue weighted by atomic mass is 9.93. The smallest absolute Gasteiger partial charge is 0.130 e. The van der Waals surface area contributed by atoms with Gasteiger partial charge in [0.1, 0.15) is 11.6 Å². The molecule has 3 aromatic rings. The van der Waals surface area contributed by atoms with Crippen LogP contribution in [0, 0.1) is 5.82 Å². The van der Waals surface area contributed by atoms with Crippen LogP contribution in [0.1, 0.15) is 25.7 Å². The molecule has 0 spiro atoms. The third-order valence-electron chi connectivity index (χ3n) is 7.01. The number of hydrogen-bond donors (Lipinski definition) is 1. The molecule has 0 atom stereocenters. The molecule has 37 heavy (non-hydrogen) atoms. The fourth-order valence-corrected chi connectivity index (χ4v) is 5.10. The van der Waals surface area contributed by atoms with Crippen LogP contribution in [0.25, 0.3) is 28.1 Å². The van der Waals surface area contributed by atoms with Gasteiger partial charge in [-0.1, -0.05) is 18.2 Å². The van der Waals surface area contributed by atoms with E-state index in [0.717, 1.165) is 70.7 Å². The number of halogens is 1. The number of methoxy groups -OCH3 is 1. The molecule has 2 aliphatic carbocycles. The van der Waals surface area contributed by atoms with Gasteiger partial charge in [0, 0.05) is 19.0 Å². The Labute approximate surface area is 214 Å². The van der Waals surface area contributed by atoms with E-state index < -0.39 is 0 Å². The third kappa shape index (κ3) is 4.82. The average molecular weight is 494 g/mol. The Morgan fingerprint density at radius 1 is 0.946 bits per heavy atom. The summed E-state index contributed by atoms with van der Waals surface area (Å²) < 4.78 is 21.5. The van der Waals surface area contributed by atoms with Gasteiger partial charge in [-0.25, -0.2) is 14.4 Å². The summed E-state index contributed by atoms with van der Waals surface area (Å²) in [6, 6.07) is 24.7. The van der Waals surface area contributed by atoms with Crippen molar-refractivity contribution < 1.29 is 9.13 Å². The Morgan fingerprint density at radius 3 is 2.49 bits per heavy atom. The molecule has 7 heteroatoms. The summed E-state index contributed by atoms with van der Waals surface area (Å²) in [6.45, 7) is 0. The van der Waals surface area contributed by atoms with E-state index in [1.807, 2.05) is 48.5 Å². The minimum Gasteiger partial charge on any atom is -0.381 e. The number of anilines is 2. The second-order valence-corrected chi connectivity index (χ2v) is 9.41. The zero-order valence-electron chi connectivity index (χ0n) is 20.6. The first-order chi connectivity index (χ1) is 18.2. The molecular weight excluding hydrogens is 465 g/mol. The van der Waals surface area contributed by atoms with Gasteiger partial charge in [-0.3, -0.25) is 4.99 Å². The Balaban J connectivity index is 1.57. The molecule has 1 saturated carbocycles. The van der Waals surface area contributed by atoms with Crippen LogP contribution in [0.4, 0.5) is 15.9 Å². The molecular formula is C30H28FN5O. The molecule has 2 aromatic carbocycles. The van der Waals surface area contributed by atoms with Gasteiger partial charge in [0.2, 0.25) is 0 Å². The number of ether oxygens (including phenoxy) is 1. The summed E-state index contributed by atoms with van der Waals surface area (Å²) in [5, 5.41) is 4.31. The predicted molar refractivity (Wildman–Crippen MR) is 144 cm³/mol. The summed E-state index contributed by atoms with van der Waals surface area (Å²) >= 11 is 0. The van der Waals surface area contributed by atoms with Crippen molar-refractivity contribution >= 4 is 22.5 Å². The maximum atomic E-state index is 13.8. The molecule has 6 rings (SSSR count). The number of benzene rings is 3. The fourth-order valence-electron chi connectivity index (χ4n) is 5.10. The summed E-state index contributed by atoms with van der Waals surface area (Å²) in [5.74, 6) is 0.477. The maximum Gasteiger partial charge on any atom is 0.130 e. The fraction of sp³-hybridized carbons (Fsp3) is 0.233. The number of nitrogens with zero attached hydrogens (tertiary/aromatic N) is 4. The lowest BCUT2D eigenvalue weighted by Gasteiger charge is -2.25. The Hall–Kier alpha value is -4.10. The van der Waals surface area contributed by atoms with E-state index in [-0.39, 0.29) is 11.9 Å². The van der Waals surface area contributed by atoms with Crippen LogP contribution < -0.4 is 10.7 Å². The van der Waals surface area contributed by atoms with Gasteiger partial charge in [-0.15, -0.1) is 0 Å². The van der Waals surface area contributed by atoms with Crippen LogP contribution in [-0.2, 0) is 4.74 Å². The number of para-hydroxylation sites is 2. The van der Waals surface area contributed by atoms with Crippen LogP contribution in [0.15, 0.2) is 90.1 Å².